The van der Waals surface area contributed by atoms with Gasteiger partial charge in [0.15, 0.2) is 0 Å². The maximum absolute atomic E-state index is 10.6. The summed E-state index contributed by atoms with van der Waals surface area (Å²) in [6.45, 7) is 6.14. The van der Waals surface area contributed by atoms with Gasteiger partial charge in [-0.3, -0.25) is 4.98 Å². The van der Waals surface area contributed by atoms with Crippen LogP contribution in [-0.2, 0) is 0 Å². The smallest absolute Gasteiger partial charge is 0.337 e. The monoisotopic (exact) mass is 207 g/mol. The zero-order valence-corrected chi connectivity index (χ0v) is 8.56. The molecule has 0 bridgehead atoms. The number of aromatic carboxylic acids is 1. The van der Waals surface area contributed by atoms with Crippen LogP contribution in [0.15, 0.2) is 30.6 Å². The van der Waals surface area contributed by atoms with Crippen LogP contribution in [0.4, 0.5) is 0 Å². The number of pyridine rings is 1. The van der Waals surface area contributed by atoms with Crippen molar-refractivity contribution in [2.24, 2.45) is 0 Å². The van der Waals surface area contributed by atoms with Gasteiger partial charge in [0.05, 0.1) is 18.4 Å². The maximum atomic E-state index is 10.6. The zero-order chi connectivity index (χ0) is 11.3. The molecule has 0 radical (unpaired) electrons. The van der Waals surface area contributed by atoms with Crippen LogP contribution < -0.4 is 4.74 Å². The Morgan fingerprint density at radius 1 is 1.60 bits per heavy atom. The summed E-state index contributed by atoms with van der Waals surface area (Å²) in [6, 6.07) is 1.45. The van der Waals surface area contributed by atoms with Gasteiger partial charge in [0.2, 0.25) is 0 Å². The van der Waals surface area contributed by atoms with Crippen LogP contribution in [0.2, 0.25) is 0 Å². The minimum atomic E-state index is -1.01. The first-order valence-electron chi connectivity index (χ1n) is 4.55. The molecule has 0 aromatic carbocycles. The number of hydrogen-bond donors (Lipinski definition) is 1. The average Bonchev–Trinajstić information content (AvgIpc) is 2.17. The predicted molar refractivity (Wildman–Crippen MR) is 56.1 cm³/mol. The molecule has 1 aromatic rings. The lowest BCUT2D eigenvalue weighted by molar-refractivity contribution is 0.0696. The number of rotatable bonds is 5. The van der Waals surface area contributed by atoms with E-state index in [1.54, 1.807) is 0 Å². The van der Waals surface area contributed by atoms with Crippen LogP contribution in [0.5, 0.6) is 5.75 Å². The summed E-state index contributed by atoms with van der Waals surface area (Å²) in [5.41, 5.74) is 1.15. The number of carbonyl (C=O) groups is 1. The molecule has 4 heteroatoms. The van der Waals surface area contributed by atoms with Crippen molar-refractivity contribution in [3.8, 4) is 5.75 Å². The molecule has 0 fully saturated rings. The van der Waals surface area contributed by atoms with E-state index in [1.807, 2.05) is 6.92 Å². The third kappa shape index (κ3) is 3.81. The molecule has 0 saturated heterocycles. The van der Waals surface area contributed by atoms with Crippen molar-refractivity contribution >= 4 is 5.97 Å². The summed E-state index contributed by atoms with van der Waals surface area (Å²) < 4.78 is 5.32. The highest BCUT2D eigenvalue weighted by Gasteiger charge is 2.04. The lowest BCUT2D eigenvalue weighted by atomic mass is 10.2. The fourth-order valence-electron chi connectivity index (χ4n) is 0.958. The summed E-state index contributed by atoms with van der Waals surface area (Å²) in [6.07, 6.45) is 3.52. The van der Waals surface area contributed by atoms with Gasteiger partial charge in [-0.05, 0) is 13.0 Å². The molecular weight excluding hydrogens is 194 g/mol. The second-order valence-electron chi connectivity index (χ2n) is 3.27. The minimum Gasteiger partial charge on any atom is -0.492 e. The fourth-order valence-corrected chi connectivity index (χ4v) is 0.958. The number of hydrogen-bond acceptors (Lipinski definition) is 3. The number of carboxylic acid groups (broad SMARTS) is 1. The van der Waals surface area contributed by atoms with Gasteiger partial charge in [0, 0.05) is 12.6 Å². The lowest BCUT2D eigenvalue weighted by Gasteiger charge is -2.05. The molecular formula is C11H13NO3. The summed E-state index contributed by atoms with van der Waals surface area (Å²) in [5, 5.41) is 8.71. The van der Waals surface area contributed by atoms with E-state index in [4.69, 9.17) is 9.84 Å². The van der Waals surface area contributed by atoms with E-state index in [2.05, 4.69) is 11.6 Å². The van der Waals surface area contributed by atoms with E-state index < -0.39 is 5.97 Å². The zero-order valence-electron chi connectivity index (χ0n) is 8.56. The second kappa shape index (κ2) is 5.14. The molecule has 0 amide bonds. The van der Waals surface area contributed by atoms with Crippen molar-refractivity contribution < 1.29 is 14.6 Å². The molecule has 80 valence electrons. The Balaban J connectivity index is 2.58. The first kappa shape index (κ1) is 11.2. The molecule has 4 nitrogen and oxygen atoms in total. The van der Waals surface area contributed by atoms with Crippen molar-refractivity contribution in [1.82, 2.24) is 4.98 Å². The first-order valence-corrected chi connectivity index (χ1v) is 4.55. The fraction of sp³-hybridized carbons (Fsp3) is 0.273. The molecule has 0 spiro atoms. The van der Waals surface area contributed by atoms with E-state index in [0.29, 0.717) is 12.4 Å². The quantitative estimate of drug-likeness (QED) is 0.751. The molecule has 0 saturated carbocycles. The average molecular weight is 207 g/mol. The third-order valence-corrected chi connectivity index (χ3v) is 1.76. The Kier molecular flexibility index (Phi) is 3.85. The van der Waals surface area contributed by atoms with Crippen molar-refractivity contribution in [1.29, 1.82) is 0 Å². The highest BCUT2D eigenvalue weighted by molar-refractivity contribution is 5.87. The Hall–Kier alpha value is -1.84. The molecule has 1 aromatic heterocycles. The van der Waals surface area contributed by atoms with Gasteiger partial charge in [0.1, 0.15) is 5.75 Å². The SMILES string of the molecule is C=C(C)CCOc1cncc(C(=O)O)c1. The van der Waals surface area contributed by atoms with Gasteiger partial charge in [0.25, 0.3) is 0 Å². The molecule has 1 heterocycles. The van der Waals surface area contributed by atoms with Crippen LogP contribution in [0.1, 0.15) is 23.7 Å². The number of aromatic nitrogens is 1. The second-order valence-corrected chi connectivity index (χ2v) is 3.27. The number of ether oxygens (including phenoxy) is 1. The van der Waals surface area contributed by atoms with Crippen molar-refractivity contribution in [2.45, 2.75) is 13.3 Å². The van der Waals surface area contributed by atoms with Crippen molar-refractivity contribution in [3.05, 3.63) is 36.2 Å². The Morgan fingerprint density at radius 3 is 2.93 bits per heavy atom. The van der Waals surface area contributed by atoms with E-state index in [1.165, 1.54) is 18.5 Å². The van der Waals surface area contributed by atoms with Gasteiger partial charge in [-0.15, -0.1) is 6.58 Å². The molecule has 0 aliphatic rings. The highest BCUT2D eigenvalue weighted by Crippen LogP contribution is 2.11. The molecule has 0 aliphatic heterocycles. The number of carboxylic acids is 1. The van der Waals surface area contributed by atoms with Gasteiger partial charge < -0.3 is 9.84 Å². The van der Waals surface area contributed by atoms with Gasteiger partial charge in [-0.2, -0.15) is 0 Å². The Morgan fingerprint density at radius 2 is 2.33 bits per heavy atom. The molecule has 0 unspecified atom stereocenters. The summed E-state index contributed by atoms with van der Waals surface area (Å²) in [5.74, 6) is -0.538. The first-order chi connectivity index (χ1) is 7.09. The molecule has 0 aliphatic carbocycles. The summed E-state index contributed by atoms with van der Waals surface area (Å²) in [4.78, 5) is 14.4. The molecule has 1 N–H and O–H groups in total. The van der Waals surface area contributed by atoms with Crippen molar-refractivity contribution in [2.75, 3.05) is 6.61 Å². The third-order valence-electron chi connectivity index (χ3n) is 1.76. The van der Waals surface area contributed by atoms with Crippen LogP contribution >= 0.6 is 0 Å². The molecule has 0 atom stereocenters. The highest BCUT2D eigenvalue weighted by atomic mass is 16.5. The standard InChI is InChI=1S/C11H13NO3/c1-8(2)3-4-15-10-5-9(11(13)14)6-12-7-10/h5-7H,1,3-4H2,2H3,(H,13,14). The van der Waals surface area contributed by atoms with E-state index in [9.17, 15) is 4.79 Å². The van der Waals surface area contributed by atoms with E-state index in [0.717, 1.165) is 12.0 Å². The molecule has 1 rings (SSSR count). The van der Waals surface area contributed by atoms with Crippen LogP contribution in [0.3, 0.4) is 0 Å². The predicted octanol–water partition coefficient (Wildman–Crippen LogP) is 2.12. The minimum absolute atomic E-state index is 0.128. The maximum Gasteiger partial charge on any atom is 0.337 e. The van der Waals surface area contributed by atoms with Crippen LogP contribution in [0, 0.1) is 0 Å². The molecule has 15 heavy (non-hydrogen) atoms. The van der Waals surface area contributed by atoms with Gasteiger partial charge in [-0.1, -0.05) is 5.57 Å². The van der Waals surface area contributed by atoms with Crippen LogP contribution in [0.25, 0.3) is 0 Å². The van der Waals surface area contributed by atoms with E-state index >= 15 is 0 Å². The Bertz CT molecular complexity index is 374. The van der Waals surface area contributed by atoms with E-state index in [-0.39, 0.29) is 5.56 Å². The lowest BCUT2D eigenvalue weighted by Crippen LogP contribution is -2.01. The Labute approximate surface area is 88.2 Å². The summed E-state index contributed by atoms with van der Waals surface area (Å²) >= 11 is 0. The summed E-state index contributed by atoms with van der Waals surface area (Å²) in [7, 11) is 0. The topological polar surface area (TPSA) is 59.4 Å². The van der Waals surface area contributed by atoms with Gasteiger partial charge in [-0.25, -0.2) is 4.79 Å². The number of nitrogens with zero attached hydrogens (tertiary/aromatic N) is 1. The van der Waals surface area contributed by atoms with Crippen LogP contribution in [-0.4, -0.2) is 22.7 Å². The largest absolute Gasteiger partial charge is 0.492 e. The van der Waals surface area contributed by atoms with Crippen molar-refractivity contribution in [3.63, 3.8) is 0 Å². The van der Waals surface area contributed by atoms with Gasteiger partial charge >= 0.3 is 5.97 Å². The normalized spacial score (nSPS) is 9.67.